The van der Waals surface area contributed by atoms with Crippen molar-refractivity contribution in [2.45, 2.75) is 57.2 Å². The molecule has 1 fully saturated rings. The van der Waals surface area contributed by atoms with E-state index in [2.05, 4.69) is 52.4 Å². The van der Waals surface area contributed by atoms with E-state index in [1.54, 1.807) is 0 Å². The Bertz CT molecular complexity index is 355. The van der Waals surface area contributed by atoms with Crippen LogP contribution in [0.2, 0.25) is 0 Å². The molecule has 0 amide bonds. The van der Waals surface area contributed by atoms with E-state index in [1.807, 2.05) is 0 Å². The lowest BCUT2D eigenvalue weighted by atomic mass is 9.90. The quantitative estimate of drug-likeness (QED) is 0.888. The van der Waals surface area contributed by atoms with Gasteiger partial charge in [0.2, 0.25) is 0 Å². The molecule has 18 heavy (non-hydrogen) atoms. The summed E-state index contributed by atoms with van der Waals surface area (Å²) in [6.45, 7) is 2.24. The SMILES string of the molecule is CCC(NC1CCC(N)CC1)c1ccc(Br)cc1. The first kappa shape index (κ1) is 14.0. The van der Waals surface area contributed by atoms with Crippen molar-refractivity contribution in [3.63, 3.8) is 0 Å². The molecule has 0 radical (unpaired) electrons. The molecule has 0 saturated heterocycles. The van der Waals surface area contributed by atoms with Crippen molar-refractivity contribution in [2.75, 3.05) is 0 Å². The minimum absolute atomic E-state index is 0.427. The highest BCUT2D eigenvalue weighted by Gasteiger charge is 2.21. The van der Waals surface area contributed by atoms with Crippen LogP contribution in [0.4, 0.5) is 0 Å². The van der Waals surface area contributed by atoms with Gasteiger partial charge in [0.25, 0.3) is 0 Å². The Kier molecular flexibility index (Phi) is 5.22. The predicted octanol–water partition coefficient (Wildman–Crippen LogP) is 3.76. The fraction of sp³-hybridized carbons (Fsp3) is 0.600. The average molecular weight is 311 g/mol. The molecule has 1 unspecified atom stereocenters. The summed E-state index contributed by atoms with van der Waals surface area (Å²) in [5, 5.41) is 3.79. The van der Waals surface area contributed by atoms with Crippen LogP contribution in [-0.4, -0.2) is 12.1 Å². The number of rotatable bonds is 4. The zero-order valence-electron chi connectivity index (χ0n) is 11.0. The van der Waals surface area contributed by atoms with Crippen LogP contribution in [0.3, 0.4) is 0 Å². The number of nitrogens with two attached hydrogens (primary N) is 1. The smallest absolute Gasteiger partial charge is 0.0320 e. The minimum Gasteiger partial charge on any atom is -0.328 e. The summed E-state index contributed by atoms with van der Waals surface area (Å²) >= 11 is 3.49. The molecule has 1 aromatic rings. The van der Waals surface area contributed by atoms with Gasteiger partial charge in [0, 0.05) is 22.6 Å². The zero-order valence-corrected chi connectivity index (χ0v) is 12.6. The molecule has 0 heterocycles. The van der Waals surface area contributed by atoms with Crippen molar-refractivity contribution in [3.8, 4) is 0 Å². The summed E-state index contributed by atoms with van der Waals surface area (Å²) < 4.78 is 1.14. The van der Waals surface area contributed by atoms with Crippen LogP contribution in [0.1, 0.15) is 50.6 Å². The maximum Gasteiger partial charge on any atom is 0.0320 e. The third-order valence-corrected chi connectivity index (χ3v) is 4.42. The molecule has 100 valence electrons. The van der Waals surface area contributed by atoms with Gasteiger partial charge in [-0.2, -0.15) is 0 Å². The number of halogens is 1. The maximum atomic E-state index is 5.96. The molecule has 0 aromatic heterocycles. The average Bonchev–Trinajstić information content (AvgIpc) is 2.39. The van der Waals surface area contributed by atoms with Gasteiger partial charge >= 0.3 is 0 Å². The number of hydrogen-bond acceptors (Lipinski definition) is 2. The normalized spacial score (nSPS) is 25.9. The summed E-state index contributed by atoms with van der Waals surface area (Å²) in [6, 6.07) is 10.2. The Hall–Kier alpha value is -0.380. The van der Waals surface area contributed by atoms with Gasteiger partial charge in [-0.15, -0.1) is 0 Å². The third kappa shape index (κ3) is 3.81. The summed E-state index contributed by atoms with van der Waals surface area (Å²) in [7, 11) is 0. The second kappa shape index (κ2) is 6.69. The summed E-state index contributed by atoms with van der Waals surface area (Å²) in [5.41, 5.74) is 7.34. The molecule has 1 atom stereocenters. The van der Waals surface area contributed by atoms with Gasteiger partial charge in [-0.05, 0) is 49.8 Å². The van der Waals surface area contributed by atoms with E-state index in [0.717, 1.165) is 23.7 Å². The molecule has 1 saturated carbocycles. The first-order valence-electron chi connectivity index (χ1n) is 6.96. The van der Waals surface area contributed by atoms with Gasteiger partial charge in [-0.1, -0.05) is 35.0 Å². The van der Waals surface area contributed by atoms with Gasteiger partial charge in [-0.3, -0.25) is 0 Å². The fourth-order valence-corrected chi connectivity index (χ4v) is 2.98. The molecule has 2 rings (SSSR count). The molecule has 3 heteroatoms. The van der Waals surface area contributed by atoms with E-state index in [-0.39, 0.29) is 0 Å². The van der Waals surface area contributed by atoms with Crippen LogP contribution in [0.25, 0.3) is 0 Å². The van der Waals surface area contributed by atoms with Gasteiger partial charge in [0.1, 0.15) is 0 Å². The topological polar surface area (TPSA) is 38.0 Å². The Morgan fingerprint density at radius 1 is 1.22 bits per heavy atom. The lowest BCUT2D eigenvalue weighted by Crippen LogP contribution is -2.39. The summed E-state index contributed by atoms with van der Waals surface area (Å²) in [6.07, 6.45) is 5.88. The van der Waals surface area contributed by atoms with Crippen LogP contribution in [0.15, 0.2) is 28.7 Å². The lowest BCUT2D eigenvalue weighted by Gasteiger charge is -2.30. The van der Waals surface area contributed by atoms with Gasteiger partial charge < -0.3 is 11.1 Å². The van der Waals surface area contributed by atoms with Crippen LogP contribution >= 0.6 is 15.9 Å². The van der Waals surface area contributed by atoms with Crippen LogP contribution in [-0.2, 0) is 0 Å². The van der Waals surface area contributed by atoms with E-state index in [1.165, 1.54) is 18.4 Å². The van der Waals surface area contributed by atoms with Crippen LogP contribution in [0.5, 0.6) is 0 Å². The second-order valence-electron chi connectivity index (χ2n) is 5.29. The summed E-state index contributed by atoms with van der Waals surface area (Å²) in [4.78, 5) is 0. The molecule has 0 spiro atoms. The molecule has 0 aliphatic heterocycles. The fourth-order valence-electron chi connectivity index (χ4n) is 2.72. The van der Waals surface area contributed by atoms with E-state index >= 15 is 0 Å². The van der Waals surface area contributed by atoms with E-state index in [4.69, 9.17) is 5.73 Å². The first-order chi connectivity index (χ1) is 8.69. The standard InChI is InChI=1S/C15H23BrN2/c1-2-15(11-3-5-12(16)6-4-11)18-14-9-7-13(17)8-10-14/h3-6,13-15,18H,2,7-10,17H2,1H3. The Morgan fingerprint density at radius 3 is 2.39 bits per heavy atom. The molecular formula is C15H23BrN2. The molecule has 1 aliphatic carbocycles. The van der Waals surface area contributed by atoms with Gasteiger partial charge in [0.15, 0.2) is 0 Å². The minimum atomic E-state index is 0.427. The highest BCUT2D eigenvalue weighted by atomic mass is 79.9. The van der Waals surface area contributed by atoms with Crippen molar-refractivity contribution < 1.29 is 0 Å². The van der Waals surface area contributed by atoms with Gasteiger partial charge in [0.05, 0.1) is 0 Å². The third-order valence-electron chi connectivity index (χ3n) is 3.89. The van der Waals surface area contributed by atoms with E-state index in [0.29, 0.717) is 18.1 Å². The molecule has 2 nitrogen and oxygen atoms in total. The highest BCUT2D eigenvalue weighted by Crippen LogP contribution is 2.24. The summed E-state index contributed by atoms with van der Waals surface area (Å²) in [5.74, 6) is 0. The molecule has 0 bridgehead atoms. The van der Waals surface area contributed by atoms with Crippen molar-refractivity contribution in [2.24, 2.45) is 5.73 Å². The lowest BCUT2D eigenvalue weighted by molar-refractivity contribution is 0.312. The first-order valence-corrected chi connectivity index (χ1v) is 7.75. The van der Waals surface area contributed by atoms with Crippen molar-refractivity contribution in [1.29, 1.82) is 0 Å². The van der Waals surface area contributed by atoms with Crippen molar-refractivity contribution in [3.05, 3.63) is 34.3 Å². The Morgan fingerprint density at radius 2 is 1.83 bits per heavy atom. The largest absolute Gasteiger partial charge is 0.328 e. The molecule has 1 aliphatic rings. The molecular weight excluding hydrogens is 288 g/mol. The predicted molar refractivity (Wildman–Crippen MR) is 80.5 cm³/mol. The van der Waals surface area contributed by atoms with Crippen molar-refractivity contribution >= 4 is 15.9 Å². The van der Waals surface area contributed by atoms with E-state index in [9.17, 15) is 0 Å². The van der Waals surface area contributed by atoms with Crippen LogP contribution < -0.4 is 11.1 Å². The van der Waals surface area contributed by atoms with E-state index < -0.39 is 0 Å². The maximum absolute atomic E-state index is 5.96. The monoisotopic (exact) mass is 310 g/mol. The highest BCUT2D eigenvalue weighted by molar-refractivity contribution is 9.10. The second-order valence-corrected chi connectivity index (χ2v) is 6.21. The Labute approximate surface area is 118 Å². The van der Waals surface area contributed by atoms with Crippen molar-refractivity contribution in [1.82, 2.24) is 5.32 Å². The molecule has 3 N–H and O–H groups in total. The Balaban J connectivity index is 1.94. The number of hydrogen-bond donors (Lipinski definition) is 2. The van der Waals surface area contributed by atoms with Crippen LogP contribution in [0, 0.1) is 0 Å². The zero-order chi connectivity index (χ0) is 13.0. The van der Waals surface area contributed by atoms with Gasteiger partial charge in [-0.25, -0.2) is 0 Å². The number of benzene rings is 1. The molecule has 1 aromatic carbocycles. The number of nitrogens with one attached hydrogen (secondary N) is 1.